The lowest BCUT2D eigenvalue weighted by molar-refractivity contribution is 0.292. The zero-order chi connectivity index (χ0) is 19.3. The summed E-state index contributed by atoms with van der Waals surface area (Å²) in [5.41, 5.74) is 3.62. The second-order valence-electron chi connectivity index (χ2n) is 7.50. The molecular weight excluding hydrogens is 348 g/mol. The molecule has 0 spiro atoms. The van der Waals surface area contributed by atoms with Crippen molar-refractivity contribution < 1.29 is 4.74 Å². The van der Waals surface area contributed by atoms with Crippen molar-refractivity contribution in [1.82, 2.24) is 19.4 Å². The number of aryl methyl sites for hydroxylation is 1. The second-order valence-corrected chi connectivity index (χ2v) is 7.50. The maximum Gasteiger partial charge on any atom is 0.140 e. The Balaban J connectivity index is 1.43. The standard InChI is InChI=1S/C23H28N4O/c1-3-28-22-7-5-4-6-21(22)17-26-13-10-19(15-26)16-27-18(2)14-25-23(27)20-8-11-24-12-9-20/h4-9,11-12,14,19H,3,10,13,15-17H2,1-2H3. The molecule has 0 saturated carbocycles. The van der Waals surface area contributed by atoms with Gasteiger partial charge in [-0.05, 0) is 50.9 Å². The molecule has 1 fully saturated rings. The van der Waals surface area contributed by atoms with Gasteiger partial charge in [-0.15, -0.1) is 0 Å². The highest BCUT2D eigenvalue weighted by molar-refractivity contribution is 5.55. The first-order chi connectivity index (χ1) is 13.7. The molecule has 2 aromatic heterocycles. The van der Waals surface area contributed by atoms with E-state index in [-0.39, 0.29) is 0 Å². The second kappa shape index (κ2) is 8.57. The van der Waals surface area contributed by atoms with Crippen molar-refractivity contribution in [3.05, 3.63) is 66.2 Å². The van der Waals surface area contributed by atoms with Crippen LogP contribution in [0.15, 0.2) is 55.0 Å². The van der Waals surface area contributed by atoms with Gasteiger partial charge in [0.2, 0.25) is 0 Å². The quantitative estimate of drug-likeness (QED) is 0.621. The van der Waals surface area contributed by atoms with Gasteiger partial charge in [-0.25, -0.2) is 4.98 Å². The molecule has 1 aliphatic rings. The van der Waals surface area contributed by atoms with Crippen LogP contribution in [0.4, 0.5) is 0 Å². The maximum absolute atomic E-state index is 5.80. The number of imidazole rings is 1. The van der Waals surface area contributed by atoms with Crippen LogP contribution in [0.2, 0.25) is 0 Å². The molecule has 1 saturated heterocycles. The van der Waals surface area contributed by atoms with Crippen LogP contribution >= 0.6 is 0 Å². The average Bonchev–Trinajstić information content (AvgIpc) is 3.31. The Kier molecular flexibility index (Phi) is 5.72. The molecule has 0 N–H and O–H groups in total. The van der Waals surface area contributed by atoms with Gasteiger partial charge in [0.25, 0.3) is 0 Å². The van der Waals surface area contributed by atoms with Crippen molar-refractivity contribution in [2.75, 3.05) is 19.7 Å². The summed E-state index contributed by atoms with van der Waals surface area (Å²) in [6.07, 6.45) is 6.85. The van der Waals surface area contributed by atoms with E-state index < -0.39 is 0 Å². The number of pyridine rings is 1. The van der Waals surface area contributed by atoms with E-state index in [0.29, 0.717) is 12.5 Å². The molecule has 28 heavy (non-hydrogen) atoms. The molecule has 1 unspecified atom stereocenters. The number of aromatic nitrogens is 3. The SMILES string of the molecule is CCOc1ccccc1CN1CCC(Cn2c(C)cnc2-c2ccncc2)C1. The minimum atomic E-state index is 0.632. The number of para-hydroxylation sites is 1. The molecule has 0 amide bonds. The lowest BCUT2D eigenvalue weighted by atomic mass is 10.1. The van der Waals surface area contributed by atoms with Crippen LogP contribution in [0.3, 0.4) is 0 Å². The summed E-state index contributed by atoms with van der Waals surface area (Å²) in [7, 11) is 0. The van der Waals surface area contributed by atoms with Crippen molar-refractivity contribution in [2.45, 2.75) is 33.4 Å². The van der Waals surface area contributed by atoms with E-state index in [1.807, 2.05) is 43.7 Å². The van der Waals surface area contributed by atoms with E-state index in [0.717, 1.165) is 43.3 Å². The summed E-state index contributed by atoms with van der Waals surface area (Å²) < 4.78 is 8.15. The van der Waals surface area contributed by atoms with E-state index in [4.69, 9.17) is 4.74 Å². The predicted molar refractivity (Wildman–Crippen MR) is 111 cm³/mol. The molecule has 0 bridgehead atoms. The lowest BCUT2D eigenvalue weighted by Crippen LogP contribution is -2.22. The fraction of sp³-hybridized carbons (Fsp3) is 0.391. The van der Waals surface area contributed by atoms with Gasteiger partial charge < -0.3 is 9.30 Å². The van der Waals surface area contributed by atoms with Gasteiger partial charge in [0.15, 0.2) is 0 Å². The molecule has 0 aliphatic carbocycles. The molecule has 0 radical (unpaired) electrons. The maximum atomic E-state index is 5.80. The van der Waals surface area contributed by atoms with Gasteiger partial charge in [-0.1, -0.05) is 18.2 Å². The van der Waals surface area contributed by atoms with E-state index in [1.165, 1.54) is 17.7 Å². The van der Waals surface area contributed by atoms with E-state index in [1.54, 1.807) is 0 Å². The molecule has 3 heterocycles. The van der Waals surface area contributed by atoms with Gasteiger partial charge in [0.05, 0.1) is 6.61 Å². The third-order valence-corrected chi connectivity index (χ3v) is 5.47. The van der Waals surface area contributed by atoms with E-state index in [9.17, 15) is 0 Å². The molecule has 1 aliphatic heterocycles. The van der Waals surface area contributed by atoms with Crippen LogP contribution in [0.25, 0.3) is 11.4 Å². The topological polar surface area (TPSA) is 43.2 Å². The van der Waals surface area contributed by atoms with Gasteiger partial charge >= 0.3 is 0 Å². The third kappa shape index (κ3) is 4.09. The minimum absolute atomic E-state index is 0.632. The monoisotopic (exact) mass is 376 g/mol. The fourth-order valence-corrected chi connectivity index (χ4v) is 4.06. The molecule has 5 heteroatoms. The molecule has 1 aromatic carbocycles. The molecule has 3 aromatic rings. The molecular formula is C23H28N4O. The first-order valence-corrected chi connectivity index (χ1v) is 10.1. The highest BCUT2D eigenvalue weighted by atomic mass is 16.5. The van der Waals surface area contributed by atoms with Crippen LogP contribution in [0, 0.1) is 12.8 Å². The Morgan fingerprint density at radius 1 is 1.14 bits per heavy atom. The number of benzene rings is 1. The van der Waals surface area contributed by atoms with Crippen molar-refractivity contribution >= 4 is 0 Å². The number of nitrogens with zero attached hydrogens (tertiary/aromatic N) is 4. The summed E-state index contributed by atoms with van der Waals surface area (Å²) >= 11 is 0. The smallest absolute Gasteiger partial charge is 0.140 e. The molecule has 4 rings (SSSR count). The summed E-state index contributed by atoms with van der Waals surface area (Å²) in [5.74, 6) is 2.69. The number of hydrogen-bond acceptors (Lipinski definition) is 4. The Morgan fingerprint density at radius 2 is 1.96 bits per heavy atom. The largest absolute Gasteiger partial charge is 0.494 e. The van der Waals surface area contributed by atoms with E-state index in [2.05, 4.69) is 44.6 Å². The minimum Gasteiger partial charge on any atom is -0.494 e. The Bertz CT molecular complexity index is 906. The fourth-order valence-electron chi connectivity index (χ4n) is 4.06. The summed E-state index contributed by atoms with van der Waals surface area (Å²) in [6, 6.07) is 12.5. The first-order valence-electron chi connectivity index (χ1n) is 10.1. The lowest BCUT2D eigenvalue weighted by Gasteiger charge is -2.19. The van der Waals surface area contributed by atoms with E-state index >= 15 is 0 Å². The van der Waals surface area contributed by atoms with Gasteiger partial charge in [-0.2, -0.15) is 0 Å². The normalized spacial score (nSPS) is 17.1. The number of likely N-dealkylation sites (tertiary alicyclic amines) is 1. The highest BCUT2D eigenvalue weighted by Gasteiger charge is 2.25. The Hall–Kier alpha value is -2.66. The van der Waals surface area contributed by atoms with Crippen molar-refractivity contribution in [2.24, 2.45) is 5.92 Å². The van der Waals surface area contributed by atoms with Gasteiger partial charge in [0, 0.05) is 55.0 Å². The Labute approximate surface area is 167 Å². The highest BCUT2D eigenvalue weighted by Crippen LogP contribution is 2.27. The van der Waals surface area contributed by atoms with Crippen LogP contribution in [-0.2, 0) is 13.1 Å². The van der Waals surface area contributed by atoms with Gasteiger partial charge in [-0.3, -0.25) is 9.88 Å². The third-order valence-electron chi connectivity index (χ3n) is 5.47. The zero-order valence-electron chi connectivity index (χ0n) is 16.7. The summed E-state index contributed by atoms with van der Waals surface area (Å²) in [5, 5.41) is 0. The van der Waals surface area contributed by atoms with Crippen molar-refractivity contribution in [3.63, 3.8) is 0 Å². The molecule has 1 atom stereocenters. The molecule has 5 nitrogen and oxygen atoms in total. The first kappa shape index (κ1) is 18.7. The Morgan fingerprint density at radius 3 is 2.79 bits per heavy atom. The average molecular weight is 377 g/mol. The van der Waals surface area contributed by atoms with Crippen LogP contribution in [-0.4, -0.2) is 39.1 Å². The molecule has 146 valence electrons. The van der Waals surface area contributed by atoms with Crippen LogP contribution < -0.4 is 4.74 Å². The zero-order valence-corrected chi connectivity index (χ0v) is 16.7. The number of ether oxygens (including phenoxy) is 1. The predicted octanol–water partition coefficient (Wildman–Crippen LogP) is 4.17. The number of hydrogen-bond donors (Lipinski definition) is 0. The van der Waals surface area contributed by atoms with Gasteiger partial charge in [0.1, 0.15) is 11.6 Å². The van der Waals surface area contributed by atoms with Crippen molar-refractivity contribution in [3.8, 4) is 17.1 Å². The summed E-state index contributed by atoms with van der Waals surface area (Å²) in [6.45, 7) is 9.08. The van der Waals surface area contributed by atoms with Crippen LogP contribution in [0.5, 0.6) is 5.75 Å². The number of rotatable bonds is 7. The summed E-state index contributed by atoms with van der Waals surface area (Å²) in [4.78, 5) is 11.3. The van der Waals surface area contributed by atoms with Crippen molar-refractivity contribution in [1.29, 1.82) is 0 Å². The van der Waals surface area contributed by atoms with Crippen LogP contribution in [0.1, 0.15) is 24.6 Å².